The van der Waals surface area contributed by atoms with E-state index in [1.54, 1.807) is 6.07 Å². The Kier molecular flexibility index (Phi) is 5.82. The summed E-state index contributed by atoms with van der Waals surface area (Å²) in [7, 11) is -1.77. The van der Waals surface area contributed by atoms with E-state index in [2.05, 4.69) is 26.6 Å². The van der Waals surface area contributed by atoms with E-state index in [0.717, 1.165) is 25.0 Å². The first-order valence-corrected chi connectivity index (χ1v) is 9.72. The molecule has 0 amide bonds. The van der Waals surface area contributed by atoms with Gasteiger partial charge in [-0.1, -0.05) is 38.5 Å². The van der Waals surface area contributed by atoms with Crippen molar-refractivity contribution < 1.29 is 14.0 Å². The van der Waals surface area contributed by atoms with Crippen molar-refractivity contribution in [1.29, 1.82) is 0 Å². The highest BCUT2D eigenvalue weighted by atomic mass is 28.4. The third-order valence-electron chi connectivity index (χ3n) is 2.75. The largest absolute Gasteiger partial charge is 0.542 e. The average Bonchev–Trinajstić information content (AvgIpc) is 2.38. The Balaban J connectivity index is 2.82. The van der Waals surface area contributed by atoms with Crippen LogP contribution in [-0.2, 0) is 4.79 Å². The van der Waals surface area contributed by atoms with Crippen molar-refractivity contribution >= 4 is 14.3 Å². The number of esters is 1. The molecule has 1 rings (SSSR count). The fourth-order valence-corrected chi connectivity index (χ4v) is 3.79. The summed E-state index contributed by atoms with van der Waals surface area (Å²) in [6, 6.07) is 8.37. The number of carbonyl (C=O) groups excluding carboxylic acids is 1. The summed E-state index contributed by atoms with van der Waals surface area (Å²) in [6.07, 6.45) is 3.47. The zero-order chi connectivity index (χ0) is 14.3. The lowest BCUT2D eigenvalue weighted by molar-refractivity contribution is -0.129. The van der Waals surface area contributed by atoms with Crippen molar-refractivity contribution in [2.45, 2.75) is 38.9 Å². The monoisotopic (exact) mass is 278 g/mol. The van der Waals surface area contributed by atoms with Gasteiger partial charge < -0.3 is 9.16 Å². The fourth-order valence-electron chi connectivity index (χ4n) is 1.72. The Morgan fingerprint density at radius 1 is 1.32 bits per heavy atom. The Morgan fingerprint density at radius 3 is 2.53 bits per heavy atom. The van der Waals surface area contributed by atoms with Crippen LogP contribution in [-0.4, -0.2) is 14.3 Å². The minimum absolute atomic E-state index is 0.462. The summed E-state index contributed by atoms with van der Waals surface area (Å²) < 4.78 is 11.3. The van der Waals surface area contributed by atoms with Gasteiger partial charge in [0, 0.05) is 6.08 Å². The Labute approximate surface area is 116 Å². The smallest absolute Gasteiger partial charge is 0.335 e. The second kappa shape index (κ2) is 7.14. The maximum Gasteiger partial charge on any atom is 0.335 e. The maximum atomic E-state index is 11.3. The minimum atomic E-state index is -1.77. The molecule has 0 radical (unpaired) electrons. The SMILES string of the molecule is C=CC(=O)Oc1ccccc1O[Si](C)(C)CCCC. The molecule has 0 heterocycles. The maximum absolute atomic E-state index is 11.3. The quantitative estimate of drug-likeness (QED) is 0.325. The van der Waals surface area contributed by atoms with E-state index in [-0.39, 0.29) is 0 Å². The molecule has 0 aliphatic rings. The third kappa shape index (κ3) is 5.30. The van der Waals surface area contributed by atoms with E-state index < -0.39 is 14.3 Å². The van der Waals surface area contributed by atoms with Crippen LogP contribution in [0.4, 0.5) is 0 Å². The van der Waals surface area contributed by atoms with Crippen LogP contribution in [0.3, 0.4) is 0 Å². The van der Waals surface area contributed by atoms with Crippen molar-refractivity contribution in [2.75, 3.05) is 0 Å². The molecule has 0 saturated carbocycles. The number of hydrogen-bond donors (Lipinski definition) is 0. The summed E-state index contributed by atoms with van der Waals surface area (Å²) in [5, 5.41) is 0. The van der Waals surface area contributed by atoms with Crippen molar-refractivity contribution in [3.63, 3.8) is 0 Å². The van der Waals surface area contributed by atoms with Gasteiger partial charge in [0.15, 0.2) is 5.75 Å². The number of para-hydroxylation sites is 2. The summed E-state index contributed by atoms with van der Waals surface area (Å²) in [5.41, 5.74) is 0. The summed E-state index contributed by atoms with van der Waals surface area (Å²) >= 11 is 0. The van der Waals surface area contributed by atoms with Gasteiger partial charge in [-0.15, -0.1) is 0 Å². The van der Waals surface area contributed by atoms with Crippen molar-refractivity contribution in [3.05, 3.63) is 36.9 Å². The summed E-state index contributed by atoms with van der Waals surface area (Å²) in [5.74, 6) is 0.638. The molecule has 1 aromatic rings. The molecule has 0 atom stereocenters. The number of carbonyl (C=O) groups is 1. The zero-order valence-corrected chi connectivity index (χ0v) is 12.9. The van der Waals surface area contributed by atoms with Crippen LogP contribution in [0.15, 0.2) is 36.9 Å². The summed E-state index contributed by atoms with van der Waals surface area (Å²) in [4.78, 5) is 11.3. The molecule has 0 fully saturated rings. The second-order valence-electron chi connectivity index (χ2n) is 5.04. The van der Waals surface area contributed by atoms with Gasteiger partial charge in [0.05, 0.1) is 0 Å². The molecule has 0 spiro atoms. The Hall–Kier alpha value is -1.55. The first kappa shape index (κ1) is 15.5. The molecule has 0 aliphatic carbocycles. The van der Waals surface area contributed by atoms with Crippen LogP contribution in [0.2, 0.25) is 19.1 Å². The van der Waals surface area contributed by atoms with Crippen LogP contribution >= 0.6 is 0 Å². The molecular weight excluding hydrogens is 256 g/mol. The van der Waals surface area contributed by atoms with Crippen LogP contribution in [0, 0.1) is 0 Å². The van der Waals surface area contributed by atoms with E-state index in [1.807, 2.05) is 18.2 Å². The Bertz CT molecular complexity index is 441. The van der Waals surface area contributed by atoms with E-state index in [9.17, 15) is 4.79 Å². The highest BCUT2D eigenvalue weighted by Crippen LogP contribution is 2.30. The van der Waals surface area contributed by atoms with Gasteiger partial charge >= 0.3 is 5.97 Å². The van der Waals surface area contributed by atoms with Crippen molar-refractivity contribution in [1.82, 2.24) is 0 Å². The lowest BCUT2D eigenvalue weighted by Crippen LogP contribution is -2.34. The summed E-state index contributed by atoms with van der Waals surface area (Å²) in [6.45, 7) is 9.92. The van der Waals surface area contributed by atoms with E-state index in [4.69, 9.17) is 9.16 Å². The molecule has 4 heteroatoms. The molecule has 0 aliphatic heterocycles. The standard InChI is InChI=1S/C15H22O3Si/c1-5-7-12-19(3,4)18-14-11-9-8-10-13(14)17-15(16)6-2/h6,8-11H,2,5,7,12H2,1,3-4H3. The number of hydrogen-bond acceptors (Lipinski definition) is 3. The molecule has 0 unspecified atom stereocenters. The average molecular weight is 278 g/mol. The molecule has 3 nitrogen and oxygen atoms in total. The van der Waals surface area contributed by atoms with Gasteiger partial charge in [-0.05, 0) is 31.3 Å². The van der Waals surface area contributed by atoms with Gasteiger partial charge in [0.2, 0.25) is 8.32 Å². The number of benzene rings is 1. The molecule has 19 heavy (non-hydrogen) atoms. The van der Waals surface area contributed by atoms with Gasteiger partial charge in [0.1, 0.15) is 5.75 Å². The van der Waals surface area contributed by atoms with Crippen LogP contribution in [0.5, 0.6) is 11.5 Å². The van der Waals surface area contributed by atoms with Crippen molar-refractivity contribution in [2.24, 2.45) is 0 Å². The minimum Gasteiger partial charge on any atom is -0.542 e. The third-order valence-corrected chi connectivity index (χ3v) is 5.08. The lowest BCUT2D eigenvalue weighted by Gasteiger charge is -2.25. The van der Waals surface area contributed by atoms with Crippen LogP contribution in [0.1, 0.15) is 19.8 Å². The molecule has 1 aromatic carbocycles. The van der Waals surface area contributed by atoms with Crippen LogP contribution < -0.4 is 9.16 Å². The predicted octanol–water partition coefficient (Wildman–Crippen LogP) is 4.16. The molecule has 0 aromatic heterocycles. The molecule has 104 valence electrons. The van der Waals surface area contributed by atoms with E-state index >= 15 is 0 Å². The Morgan fingerprint density at radius 2 is 1.95 bits per heavy atom. The first-order valence-electron chi connectivity index (χ1n) is 6.61. The number of rotatable bonds is 7. The fraction of sp³-hybridized carbons (Fsp3) is 0.400. The first-order chi connectivity index (χ1) is 8.98. The number of unbranched alkanes of at least 4 members (excludes halogenated alkanes) is 1. The molecule has 0 bridgehead atoms. The second-order valence-corrected chi connectivity index (χ2v) is 9.26. The normalized spacial score (nSPS) is 10.9. The highest BCUT2D eigenvalue weighted by molar-refractivity contribution is 6.71. The zero-order valence-electron chi connectivity index (χ0n) is 11.9. The van der Waals surface area contributed by atoms with E-state index in [1.165, 1.54) is 0 Å². The van der Waals surface area contributed by atoms with Gasteiger partial charge in [-0.2, -0.15) is 0 Å². The van der Waals surface area contributed by atoms with Gasteiger partial charge in [0.25, 0.3) is 0 Å². The molecule has 0 N–H and O–H groups in total. The van der Waals surface area contributed by atoms with E-state index in [0.29, 0.717) is 11.5 Å². The number of ether oxygens (including phenoxy) is 1. The van der Waals surface area contributed by atoms with Crippen LogP contribution in [0.25, 0.3) is 0 Å². The highest BCUT2D eigenvalue weighted by Gasteiger charge is 2.25. The van der Waals surface area contributed by atoms with Gasteiger partial charge in [-0.3, -0.25) is 0 Å². The molecular formula is C15H22O3Si. The van der Waals surface area contributed by atoms with Crippen molar-refractivity contribution in [3.8, 4) is 11.5 Å². The topological polar surface area (TPSA) is 35.5 Å². The predicted molar refractivity (Wildman–Crippen MR) is 80.1 cm³/mol. The van der Waals surface area contributed by atoms with Gasteiger partial charge in [-0.25, -0.2) is 4.79 Å². The lowest BCUT2D eigenvalue weighted by atomic mass is 10.3. The molecule has 0 saturated heterocycles.